The molecule has 0 aliphatic heterocycles. The first-order chi connectivity index (χ1) is 6.63. The number of hydrogen-bond donors (Lipinski definition) is 2. The van der Waals surface area contributed by atoms with Gasteiger partial charge in [-0.15, -0.1) is 0 Å². The number of aliphatic hydroxyl groups is 1. The number of aliphatic hydroxyl groups excluding tert-OH is 1. The van der Waals surface area contributed by atoms with E-state index in [1.54, 1.807) is 0 Å². The molecule has 76 valence electrons. The molecule has 2 N–H and O–H groups in total. The van der Waals surface area contributed by atoms with Crippen LogP contribution in [0.1, 0.15) is 13.3 Å². The van der Waals surface area contributed by atoms with Crippen LogP contribution in [0.15, 0.2) is 18.3 Å². The topological polar surface area (TPSA) is 88.3 Å². The van der Waals surface area contributed by atoms with Crippen molar-refractivity contribution >= 4 is 11.5 Å². The Morgan fingerprint density at radius 2 is 2.43 bits per heavy atom. The highest BCUT2D eigenvalue weighted by molar-refractivity contribution is 5.40. The van der Waals surface area contributed by atoms with Crippen LogP contribution >= 0.6 is 0 Å². The molecule has 0 aromatic carbocycles. The maximum absolute atomic E-state index is 10.3. The zero-order valence-electron chi connectivity index (χ0n) is 7.67. The molecular weight excluding hydrogens is 186 g/mol. The molecule has 6 nitrogen and oxygen atoms in total. The van der Waals surface area contributed by atoms with Gasteiger partial charge in [-0.2, -0.15) is 0 Å². The lowest BCUT2D eigenvalue weighted by Gasteiger charge is -2.09. The molecule has 0 fully saturated rings. The van der Waals surface area contributed by atoms with Crippen molar-refractivity contribution in [1.82, 2.24) is 4.98 Å². The Morgan fingerprint density at radius 3 is 2.86 bits per heavy atom. The van der Waals surface area contributed by atoms with Gasteiger partial charge < -0.3 is 10.4 Å². The molecule has 0 spiro atoms. The summed E-state index contributed by atoms with van der Waals surface area (Å²) in [6.07, 6.45) is 1.01. The van der Waals surface area contributed by atoms with Gasteiger partial charge in [0.1, 0.15) is 18.2 Å². The summed E-state index contributed by atoms with van der Waals surface area (Å²) in [4.78, 5) is 13.5. The second-order valence-electron chi connectivity index (χ2n) is 2.73. The number of rotatable bonds is 4. The molecule has 0 bridgehead atoms. The lowest BCUT2D eigenvalue weighted by molar-refractivity contribution is -0.385. The zero-order chi connectivity index (χ0) is 10.6. The summed E-state index contributed by atoms with van der Waals surface area (Å²) in [5.41, 5.74) is -0.0680. The van der Waals surface area contributed by atoms with Crippen molar-refractivity contribution in [3.63, 3.8) is 0 Å². The Bertz CT molecular complexity index is 312. The molecule has 1 heterocycles. The molecule has 0 saturated heterocycles. The monoisotopic (exact) mass is 197 g/mol. The summed E-state index contributed by atoms with van der Waals surface area (Å²) in [6, 6.07) is 2.79. The second-order valence-corrected chi connectivity index (χ2v) is 2.73. The average Bonchev–Trinajstić information content (AvgIpc) is 2.18. The molecule has 0 aliphatic carbocycles. The molecule has 1 aromatic heterocycles. The van der Waals surface area contributed by atoms with Crippen LogP contribution in [0.25, 0.3) is 0 Å². The Hall–Kier alpha value is -1.69. The third kappa shape index (κ3) is 2.67. The van der Waals surface area contributed by atoms with Crippen LogP contribution in [0.4, 0.5) is 11.5 Å². The number of pyridine rings is 1. The van der Waals surface area contributed by atoms with Gasteiger partial charge in [-0.05, 0) is 12.5 Å². The van der Waals surface area contributed by atoms with Crippen molar-refractivity contribution in [2.75, 3.05) is 5.32 Å². The van der Waals surface area contributed by atoms with Crippen LogP contribution < -0.4 is 5.32 Å². The van der Waals surface area contributed by atoms with Gasteiger partial charge >= 0.3 is 0 Å². The van der Waals surface area contributed by atoms with Crippen molar-refractivity contribution in [3.05, 3.63) is 28.4 Å². The molecule has 6 heteroatoms. The van der Waals surface area contributed by atoms with Crippen LogP contribution in [0.3, 0.4) is 0 Å². The second kappa shape index (κ2) is 4.52. The minimum Gasteiger partial charge on any atom is -0.374 e. The van der Waals surface area contributed by atoms with E-state index in [-0.39, 0.29) is 5.69 Å². The van der Waals surface area contributed by atoms with Gasteiger partial charge in [-0.25, -0.2) is 4.98 Å². The smallest absolute Gasteiger partial charge is 0.287 e. The summed E-state index contributed by atoms with van der Waals surface area (Å²) in [5, 5.41) is 22.2. The Kier molecular flexibility index (Phi) is 3.35. The fraction of sp³-hybridized carbons (Fsp3) is 0.375. The maximum atomic E-state index is 10.3. The third-order valence-electron chi connectivity index (χ3n) is 1.66. The van der Waals surface area contributed by atoms with E-state index >= 15 is 0 Å². The van der Waals surface area contributed by atoms with Crippen LogP contribution in [-0.4, -0.2) is 21.2 Å². The van der Waals surface area contributed by atoms with E-state index in [2.05, 4.69) is 10.3 Å². The Morgan fingerprint density at radius 1 is 1.71 bits per heavy atom. The first-order valence-electron chi connectivity index (χ1n) is 4.18. The number of nitrogens with zero attached hydrogens (tertiary/aromatic N) is 2. The van der Waals surface area contributed by atoms with E-state index in [1.165, 1.54) is 12.1 Å². The molecule has 0 saturated carbocycles. The van der Waals surface area contributed by atoms with Gasteiger partial charge in [0.15, 0.2) is 0 Å². The van der Waals surface area contributed by atoms with E-state index in [9.17, 15) is 15.2 Å². The van der Waals surface area contributed by atoms with Gasteiger partial charge in [0.2, 0.25) is 0 Å². The van der Waals surface area contributed by atoms with Crippen molar-refractivity contribution < 1.29 is 10.0 Å². The predicted molar refractivity (Wildman–Crippen MR) is 50.8 cm³/mol. The lowest BCUT2D eigenvalue weighted by Crippen LogP contribution is -2.17. The first kappa shape index (κ1) is 10.4. The number of anilines is 1. The summed E-state index contributed by atoms with van der Waals surface area (Å²) < 4.78 is 0. The Balaban J connectivity index is 2.68. The summed E-state index contributed by atoms with van der Waals surface area (Å²) in [5.74, 6) is 0.421. The fourth-order valence-corrected chi connectivity index (χ4v) is 0.852. The molecule has 1 aromatic rings. The van der Waals surface area contributed by atoms with Gasteiger partial charge in [0.05, 0.1) is 4.92 Å². The van der Waals surface area contributed by atoms with Crippen molar-refractivity contribution in [3.8, 4) is 0 Å². The van der Waals surface area contributed by atoms with Crippen LogP contribution in [0.2, 0.25) is 0 Å². The minimum atomic E-state index is -0.677. The standard InChI is InChI=1S/C8H11N3O3/c1-2-8(12)10-7-4-3-6(5-9-7)11(13)14/h3-5,8,12H,2H2,1H3,(H,9,10). The normalized spacial score (nSPS) is 12.1. The molecule has 14 heavy (non-hydrogen) atoms. The van der Waals surface area contributed by atoms with Crippen molar-refractivity contribution in [2.45, 2.75) is 19.6 Å². The third-order valence-corrected chi connectivity index (χ3v) is 1.66. The van der Waals surface area contributed by atoms with Gasteiger partial charge in [0.25, 0.3) is 5.69 Å². The van der Waals surface area contributed by atoms with E-state index in [4.69, 9.17) is 0 Å². The van der Waals surface area contributed by atoms with Crippen molar-refractivity contribution in [2.24, 2.45) is 0 Å². The molecule has 0 aliphatic rings. The molecular formula is C8H11N3O3. The fourth-order valence-electron chi connectivity index (χ4n) is 0.852. The quantitative estimate of drug-likeness (QED) is 0.429. The van der Waals surface area contributed by atoms with E-state index in [0.717, 1.165) is 6.20 Å². The summed E-state index contributed by atoms with van der Waals surface area (Å²) in [6.45, 7) is 1.81. The zero-order valence-corrected chi connectivity index (χ0v) is 7.67. The number of aromatic nitrogens is 1. The number of hydrogen-bond acceptors (Lipinski definition) is 5. The predicted octanol–water partition coefficient (Wildman–Crippen LogP) is 1.13. The average molecular weight is 197 g/mol. The molecule has 1 atom stereocenters. The molecule has 0 amide bonds. The maximum Gasteiger partial charge on any atom is 0.287 e. The van der Waals surface area contributed by atoms with E-state index in [1.807, 2.05) is 6.92 Å². The highest BCUT2D eigenvalue weighted by Gasteiger charge is 2.06. The number of nitro groups is 1. The largest absolute Gasteiger partial charge is 0.374 e. The highest BCUT2D eigenvalue weighted by Crippen LogP contribution is 2.12. The molecule has 1 rings (SSSR count). The van der Waals surface area contributed by atoms with Gasteiger partial charge in [-0.3, -0.25) is 10.1 Å². The van der Waals surface area contributed by atoms with E-state index in [0.29, 0.717) is 12.2 Å². The van der Waals surface area contributed by atoms with Crippen LogP contribution in [0, 0.1) is 10.1 Å². The lowest BCUT2D eigenvalue weighted by atomic mass is 10.4. The van der Waals surface area contributed by atoms with Gasteiger partial charge in [0, 0.05) is 6.07 Å². The summed E-state index contributed by atoms with van der Waals surface area (Å²) in [7, 11) is 0. The highest BCUT2D eigenvalue weighted by atomic mass is 16.6. The SMILES string of the molecule is CCC(O)Nc1ccc([N+](=O)[O-])cn1. The van der Waals surface area contributed by atoms with Gasteiger partial charge in [-0.1, -0.05) is 6.92 Å². The van der Waals surface area contributed by atoms with E-state index < -0.39 is 11.2 Å². The number of nitrogens with one attached hydrogen (secondary N) is 1. The summed E-state index contributed by atoms with van der Waals surface area (Å²) >= 11 is 0. The van der Waals surface area contributed by atoms with Crippen LogP contribution in [-0.2, 0) is 0 Å². The first-order valence-corrected chi connectivity index (χ1v) is 4.18. The van der Waals surface area contributed by atoms with Crippen LogP contribution in [0.5, 0.6) is 0 Å². The van der Waals surface area contributed by atoms with Crippen molar-refractivity contribution in [1.29, 1.82) is 0 Å². The Labute approximate surface area is 80.7 Å². The minimum absolute atomic E-state index is 0.0680. The molecule has 0 radical (unpaired) electrons. The molecule has 1 unspecified atom stereocenters.